The molecule has 2 rings (SSSR count). The molecule has 0 aromatic carbocycles. The van der Waals surface area contributed by atoms with E-state index in [-0.39, 0.29) is 0 Å². The lowest BCUT2D eigenvalue weighted by Crippen LogP contribution is -2.21. The second-order valence-electron chi connectivity index (χ2n) is 5.72. The van der Waals surface area contributed by atoms with Crippen LogP contribution in [0.5, 0.6) is 0 Å². The fourth-order valence-corrected chi connectivity index (χ4v) is 3.19. The first-order chi connectivity index (χ1) is 9.74. The van der Waals surface area contributed by atoms with Crippen LogP contribution in [-0.4, -0.2) is 24.6 Å². The molecule has 1 fully saturated rings. The van der Waals surface area contributed by atoms with Crippen LogP contribution in [0.1, 0.15) is 45.1 Å². The SMILES string of the molecule is CCCNCc1cnc(N2CCC(CCC)C2)c(Cl)c1. The van der Waals surface area contributed by atoms with Crippen molar-refractivity contribution in [2.45, 2.75) is 46.1 Å². The van der Waals surface area contributed by atoms with Crippen molar-refractivity contribution in [2.24, 2.45) is 5.92 Å². The maximum absolute atomic E-state index is 6.42. The Hall–Kier alpha value is -0.800. The van der Waals surface area contributed by atoms with Gasteiger partial charge in [0.05, 0.1) is 5.02 Å². The molecule has 112 valence electrons. The van der Waals surface area contributed by atoms with Gasteiger partial charge < -0.3 is 10.2 Å². The molecule has 0 aliphatic carbocycles. The maximum Gasteiger partial charge on any atom is 0.147 e. The first-order valence-electron chi connectivity index (χ1n) is 7.84. The quantitative estimate of drug-likeness (QED) is 0.774. The van der Waals surface area contributed by atoms with Gasteiger partial charge in [-0.2, -0.15) is 0 Å². The molecule has 1 aromatic rings. The van der Waals surface area contributed by atoms with E-state index in [1.165, 1.54) is 19.3 Å². The molecule has 20 heavy (non-hydrogen) atoms. The first-order valence-corrected chi connectivity index (χ1v) is 8.22. The number of rotatable bonds is 7. The molecule has 1 unspecified atom stereocenters. The number of aromatic nitrogens is 1. The van der Waals surface area contributed by atoms with E-state index >= 15 is 0 Å². The zero-order valence-corrected chi connectivity index (χ0v) is 13.4. The van der Waals surface area contributed by atoms with Crippen LogP contribution in [0.3, 0.4) is 0 Å². The Kier molecular flexibility index (Phi) is 6.11. The van der Waals surface area contributed by atoms with E-state index in [4.69, 9.17) is 11.6 Å². The van der Waals surface area contributed by atoms with Gasteiger partial charge in [0, 0.05) is 25.8 Å². The van der Waals surface area contributed by atoms with Crippen LogP contribution >= 0.6 is 11.6 Å². The number of halogens is 1. The van der Waals surface area contributed by atoms with E-state index < -0.39 is 0 Å². The number of nitrogens with one attached hydrogen (secondary N) is 1. The Bertz CT molecular complexity index is 422. The number of hydrogen-bond donors (Lipinski definition) is 1. The third-order valence-electron chi connectivity index (χ3n) is 3.92. The smallest absolute Gasteiger partial charge is 0.147 e. The summed E-state index contributed by atoms with van der Waals surface area (Å²) in [5, 5.41) is 4.17. The van der Waals surface area contributed by atoms with Gasteiger partial charge in [0.2, 0.25) is 0 Å². The summed E-state index contributed by atoms with van der Waals surface area (Å²) in [5.41, 5.74) is 1.16. The molecule has 0 amide bonds. The Morgan fingerprint density at radius 2 is 2.25 bits per heavy atom. The Labute approximate surface area is 127 Å². The average Bonchev–Trinajstić information content (AvgIpc) is 2.88. The lowest BCUT2D eigenvalue weighted by Gasteiger charge is -2.19. The molecule has 0 spiro atoms. The van der Waals surface area contributed by atoms with Crippen molar-refractivity contribution in [3.8, 4) is 0 Å². The van der Waals surface area contributed by atoms with Crippen LogP contribution in [0.25, 0.3) is 0 Å². The zero-order valence-electron chi connectivity index (χ0n) is 12.7. The Balaban J connectivity index is 1.96. The summed E-state index contributed by atoms with van der Waals surface area (Å²) in [6.45, 7) is 8.50. The van der Waals surface area contributed by atoms with E-state index in [0.29, 0.717) is 0 Å². The van der Waals surface area contributed by atoms with Gasteiger partial charge in [0.15, 0.2) is 0 Å². The minimum Gasteiger partial charge on any atom is -0.355 e. The first kappa shape index (κ1) is 15.6. The number of hydrogen-bond acceptors (Lipinski definition) is 3. The zero-order chi connectivity index (χ0) is 14.4. The highest BCUT2D eigenvalue weighted by Gasteiger charge is 2.24. The summed E-state index contributed by atoms with van der Waals surface area (Å²) >= 11 is 6.42. The van der Waals surface area contributed by atoms with E-state index in [1.54, 1.807) is 0 Å². The van der Waals surface area contributed by atoms with Gasteiger partial charge in [-0.3, -0.25) is 0 Å². The molecule has 1 aliphatic rings. The number of anilines is 1. The van der Waals surface area contributed by atoms with Gasteiger partial charge in [0.25, 0.3) is 0 Å². The topological polar surface area (TPSA) is 28.2 Å². The largest absolute Gasteiger partial charge is 0.355 e. The normalized spacial score (nSPS) is 18.8. The summed E-state index contributed by atoms with van der Waals surface area (Å²) in [7, 11) is 0. The molecule has 1 N–H and O–H groups in total. The minimum absolute atomic E-state index is 0.790. The maximum atomic E-state index is 6.42. The van der Waals surface area contributed by atoms with Gasteiger partial charge in [-0.05, 0) is 43.4 Å². The molecular weight excluding hydrogens is 270 g/mol. The van der Waals surface area contributed by atoms with Crippen molar-refractivity contribution in [2.75, 3.05) is 24.5 Å². The van der Waals surface area contributed by atoms with Crippen LogP contribution in [-0.2, 0) is 6.54 Å². The van der Waals surface area contributed by atoms with Crippen molar-refractivity contribution in [1.29, 1.82) is 0 Å². The van der Waals surface area contributed by atoms with Gasteiger partial charge >= 0.3 is 0 Å². The predicted octanol–water partition coefficient (Wildman–Crippen LogP) is 3.86. The van der Waals surface area contributed by atoms with E-state index in [1.807, 2.05) is 6.20 Å². The van der Waals surface area contributed by atoms with Gasteiger partial charge in [0.1, 0.15) is 5.82 Å². The van der Waals surface area contributed by atoms with Gasteiger partial charge in [-0.15, -0.1) is 0 Å². The minimum atomic E-state index is 0.790. The van der Waals surface area contributed by atoms with Crippen LogP contribution in [0.2, 0.25) is 5.02 Å². The lowest BCUT2D eigenvalue weighted by atomic mass is 10.0. The summed E-state index contributed by atoms with van der Waals surface area (Å²) in [6, 6.07) is 2.06. The van der Waals surface area contributed by atoms with E-state index in [2.05, 4.69) is 35.1 Å². The molecule has 1 saturated heterocycles. The second-order valence-corrected chi connectivity index (χ2v) is 6.12. The summed E-state index contributed by atoms with van der Waals surface area (Å²) in [6.07, 6.45) is 6.95. The molecule has 1 aromatic heterocycles. The standard InChI is InChI=1S/C16H26ClN3/c1-3-5-13-6-8-20(12-13)16-15(17)9-14(11-19-16)10-18-7-4-2/h9,11,13,18H,3-8,10,12H2,1-2H3. The monoisotopic (exact) mass is 295 g/mol. The fraction of sp³-hybridized carbons (Fsp3) is 0.688. The molecular formula is C16H26ClN3. The second kappa shape index (κ2) is 7.84. The summed E-state index contributed by atoms with van der Waals surface area (Å²) in [4.78, 5) is 6.93. The van der Waals surface area contributed by atoms with Crippen molar-refractivity contribution in [3.63, 3.8) is 0 Å². The van der Waals surface area contributed by atoms with Crippen molar-refractivity contribution < 1.29 is 0 Å². The van der Waals surface area contributed by atoms with E-state index in [9.17, 15) is 0 Å². The molecule has 0 bridgehead atoms. The van der Waals surface area contributed by atoms with Crippen molar-refractivity contribution >= 4 is 17.4 Å². The Morgan fingerprint density at radius 3 is 2.95 bits per heavy atom. The molecule has 0 saturated carbocycles. The predicted molar refractivity (Wildman–Crippen MR) is 86.5 cm³/mol. The highest BCUT2D eigenvalue weighted by molar-refractivity contribution is 6.33. The van der Waals surface area contributed by atoms with Crippen LogP contribution in [0.15, 0.2) is 12.3 Å². The van der Waals surface area contributed by atoms with Crippen LogP contribution in [0, 0.1) is 5.92 Å². The Morgan fingerprint density at radius 1 is 1.40 bits per heavy atom. The average molecular weight is 296 g/mol. The number of nitrogens with zero attached hydrogens (tertiary/aromatic N) is 2. The summed E-state index contributed by atoms with van der Waals surface area (Å²) < 4.78 is 0. The molecule has 4 heteroatoms. The lowest BCUT2D eigenvalue weighted by molar-refractivity contribution is 0.529. The van der Waals surface area contributed by atoms with Crippen LogP contribution < -0.4 is 10.2 Å². The summed E-state index contributed by atoms with van der Waals surface area (Å²) in [5.74, 6) is 1.77. The van der Waals surface area contributed by atoms with E-state index in [0.717, 1.165) is 54.9 Å². The molecule has 1 atom stereocenters. The third kappa shape index (κ3) is 4.10. The third-order valence-corrected chi connectivity index (χ3v) is 4.19. The van der Waals surface area contributed by atoms with Gasteiger partial charge in [-0.1, -0.05) is 31.9 Å². The number of pyridine rings is 1. The fourth-order valence-electron chi connectivity index (χ4n) is 2.88. The molecule has 0 radical (unpaired) electrons. The van der Waals surface area contributed by atoms with Crippen molar-refractivity contribution in [3.05, 3.63) is 22.8 Å². The highest BCUT2D eigenvalue weighted by atomic mass is 35.5. The molecule has 2 heterocycles. The highest BCUT2D eigenvalue weighted by Crippen LogP contribution is 2.30. The molecule has 3 nitrogen and oxygen atoms in total. The molecule has 1 aliphatic heterocycles. The van der Waals surface area contributed by atoms with Crippen molar-refractivity contribution in [1.82, 2.24) is 10.3 Å². The van der Waals surface area contributed by atoms with Gasteiger partial charge in [-0.25, -0.2) is 4.98 Å². The van der Waals surface area contributed by atoms with Crippen LogP contribution in [0.4, 0.5) is 5.82 Å².